The van der Waals surface area contributed by atoms with Crippen LogP contribution in [0.5, 0.6) is 0 Å². The van der Waals surface area contributed by atoms with Gasteiger partial charge in [0, 0.05) is 4.88 Å². The van der Waals surface area contributed by atoms with E-state index in [1.807, 2.05) is 0 Å². The van der Waals surface area contributed by atoms with E-state index in [0.717, 1.165) is 0 Å². The normalized spacial score (nSPS) is 13.0. The largest absolute Gasteiger partial charge is 0.271 e. The van der Waals surface area contributed by atoms with E-state index in [2.05, 4.69) is 41.5 Å². The minimum Gasteiger partial charge on any atom is -0.271 e. The highest BCUT2D eigenvalue weighted by molar-refractivity contribution is 7.10. The first-order valence-electron chi connectivity index (χ1n) is 4.77. The molecule has 0 saturated heterocycles. The van der Waals surface area contributed by atoms with Gasteiger partial charge in [0.15, 0.2) is 0 Å². The van der Waals surface area contributed by atoms with Gasteiger partial charge in [0.05, 0.1) is 6.04 Å². The minimum atomic E-state index is 0.127. The van der Waals surface area contributed by atoms with Crippen molar-refractivity contribution in [3.05, 3.63) is 43.8 Å². The lowest BCUT2D eigenvalue weighted by Gasteiger charge is -2.16. The molecule has 1 atom stereocenters. The van der Waals surface area contributed by atoms with Gasteiger partial charge in [-0.25, -0.2) is 5.43 Å². The molecule has 2 aromatic rings. The van der Waals surface area contributed by atoms with Crippen molar-refractivity contribution >= 4 is 22.7 Å². The third-order valence-electron chi connectivity index (χ3n) is 2.58. The molecular formula is C11H14N2S2. The van der Waals surface area contributed by atoms with E-state index in [-0.39, 0.29) is 6.04 Å². The second-order valence-electron chi connectivity index (χ2n) is 3.54. The lowest BCUT2D eigenvalue weighted by molar-refractivity contribution is 0.635. The Bertz CT molecular complexity index is 405. The van der Waals surface area contributed by atoms with Crippen molar-refractivity contribution < 1.29 is 0 Å². The van der Waals surface area contributed by atoms with Crippen molar-refractivity contribution in [3.63, 3.8) is 0 Å². The average Bonchev–Trinajstić information content (AvgIpc) is 2.80. The van der Waals surface area contributed by atoms with Crippen molar-refractivity contribution in [2.75, 3.05) is 0 Å². The fourth-order valence-electron chi connectivity index (χ4n) is 1.71. The number of nitrogens with one attached hydrogen (secondary N) is 1. The number of hydrazine groups is 1. The van der Waals surface area contributed by atoms with Crippen molar-refractivity contribution in [1.29, 1.82) is 0 Å². The highest BCUT2D eigenvalue weighted by Gasteiger charge is 2.17. The molecule has 4 heteroatoms. The van der Waals surface area contributed by atoms with Crippen LogP contribution in [0.2, 0.25) is 0 Å². The number of nitrogens with two attached hydrogens (primary N) is 1. The fourth-order valence-corrected chi connectivity index (χ4v) is 3.33. The monoisotopic (exact) mass is 238 g/mol. The summed E-state index contributed by atoms with van der Waals surface area (Å²) in [5.41, 5.74) is 6.76. The smallest absolute Gasteiger partial charge is 0.0731 e. The third-order valence-corrected chi connectivity index (χ3v) is 4.32. The molecule has 0 saturated carbocycles. The zero-order valence-electron chi connectivity index (χ0n) is 8.78. The van der Waals surface area contributed by atoms with Crippen LogP contribution in [0, 0.1) is 13.8 Å². The van der Waals surface area contributed by atoms with Gasteiger partial charge in [-0.15, -0.1) is 11.3 Å². The van der Waals surface area contributed by atoms with E-state index in [1.54, 1.807) is 22.7 Å². The molecule has 0 amide bonds. The standard InChI is InChI=1S/C11H14N2S2/c1-7-5-14-6-10(7)11(13-12)9-3-4-15-8(9)2/h3-6,11,13H,12H2,1-2H3. The summed E-state index contributed by atoms with van der Waals surface area (Å²) in [5.74, 6) is 5.65. The molecule has 2 nitrogen and oxygen atoms in total. The van der Waals surface area contributed by atoms with Crippen LogP contribution in [-0.2, 0) is 0 Å². The van der Waals surface area contributed by atoms with Crippen LogP contribution in [0.1, 0.15) is 27.6 Å². The first-order valence-corrected chi connectivity index (χ1v) is 6.59. The third kappa shape index (κ3) is 1.99. The second-order valence-corrected chi connectivity index (χ2v) is 5.41. The Labute approximate surface area is 97.7 Å². The molecule has 2 aromatic heterocycles. The number of hydrogen-bond donors (Lipinski definition) is 2. The lowest BCUT2D eigenvalue weighted by Crippen LogP contribution is -2.29. The second kappa shape index (κ2) is 4.45. The summed E-state index contributed by atoms with van der Waals surface area (Å²) in [5, 5.41) is 6.43. The Morgan fingerprint density at radius 2 is 2.07 bits per heavy atom. The first kappa shape index (κ1) is 10.8. The van der Waals surface area contributed by atoms with Crippen LogP contribution in [0.3, 0.4) is 0 Å². The Kier molecular flexibility index (Phi) is 3.21. The van der Waals surface area contributed by atoms with Gasteiger partial charge in [-0.3, -0.25) is 5.84 Å². The summed E-state index contributed by atoms with van der Waals surface area (Å²) < 4.78 is 0. The molecule has 0 aliphatic carbocycles. The number of hydrogen-bond acceptors (Lipinski definition) is 4. The van der Waals surface area contributed by atoms with Gasteiger partial charge in [0.2, 0.25) is 0 Å². The summed E-state index contributed by atoms with van der Waals surface area (Å²) in [6.07, 6.45) is 0. The summed E-state index contributed by atoms with van der Waals surface area (Å²) in [7, 11) is 0. The van der Waals surface area contributed by atoms with E-state index in [4.69, 9.17) is 5.84 Å². The average molecular weight is 238 g/mol. The van der Waals surface area contributed by atoms with E-state index < -0.39 is 0 Å². The topological polar surface area (TPSA) is 38.0 Å². The van der Waals surface area contributed by atoms with Crippen LogP contribution < -0.4 is 11.3 Å². The maximum Gasteiger partial charge on any atom is 0.0731 e. The summed E-state index contributed by atoms with van der Waals surface area (Å²) in [4.78, 5) is 1.32. The maximum atomic E-state index is 5.65. The Morgan fingerprint density at radius 3 is 2.53 bits per heavy atom. The minimum absolute atomic E-state index is 0.127. The van der Waals surface area contributed by atoms with Crippen LogP contribution in [0.15, 0.2) is 22.2 Å². The van der Waals surface area contributed by atoms with Crippen molar-refractivity contribution in [3.8, 4) is 0 Å². The molecule has 15 heavy (non-hydrogen) atoms. The van der Waals surface area contributed by atoms with Gasteiger partial charge in [-0.2, -0.15) is 11.3 Å². The van der Waals surface area contributed by atoms with Crippen LogP contribution in [0.25, 0.3) is 0 Å². The van der Waals surface area contributed by atoms with Crippen molar-refractivity contribution in [2.24, 2.45) is 5.84 Å². The SMILES string of the molecule is Cc1cscc1C(NN)c1ccsc1C. The Hall–Kier alpha value is -0.680. The van der Waals surface area contributed by atoms with Crippen LogP contribution >= 0.6 is 22.7 Å². The van der Waals surface area contributed by atoms with Gasteiger partial charge in [-0.1, -0.05) is 0 Å². The highest BCUT2D eigenvalue weighted by Crippen LogP contribution is 2.30. The van der Waals surface area contributed by atoms with Gasteiger partial charge in [-0.05, 0) is 52.7 Å². The molecule has 1 unspecified atom stereocenters. The zero-order chi connectivity index (χ0) is 10.8. The predicted molar refractivity (Wildman–Crippen MR) is 67.3 cm³/mol. The number of aryl methyl sites for hydroxylation is 2. The van der Waals surface area contributed by atoms with E-state index in [0.29, 0.717) is 0 Å². The van der Waals surface area contributed by atoms with Crippen LogP contribution in [0.4, 0.5) is 0 Å². The summed E-state index contributed by atoms with van der Waals surface area (Å²) in [6, 6.07) is 2.27. The number of rotatable bonds is 3. The molecule has 0 spiro atoms. The zero-order valence-corrected chi connectivity index (χ0v) is 10.4. The molecule has 2 rings (SSSR count). The van der Waals surface area contributed by atoms with Gasteiger partial charge in [0.25, 0.3) is 0 Å². The summed E-state index contributed by atoms with van der Waals surface area (Å²) in [6.45, 7) is 4.25. The molecular weight excluding hydrogens is 224 g/mol. The van der Waals surface area contributed by atoms with Gasteiger partial charge >= 0.3 is 0 Å². The van der Waals surface area contributed by atoms with Crippen molar-refractivity contribution in [2.45, 2.75) is 19.9 Å². The molecule has 2 heterocycles. The van der Waals surface area contributed by atoms with E-state index >= 15 is 0 Å². The summed E-state index contributed by atoms with van der Waals surface area (Å²) >= 11 is 3.48. The van der Waals surface area contributed by atoms with Gasteiger partial charge < -0.3 is 0 Å². The lowest BCUT2D eigenvalue weighted by atomic mass is 10.00. The van der Waals surface area contributed by atoms with E-state index in [9.17, 15) is 0 Å². The maximum absolute atomic E-state index is 5.65. The molecule has 0 aliphatic rings. The fraction of sp³-hybridized carbons (Fsp3) is 0.273. The quantitative estimate of drug-likeness (QED) is 0.637. The number of thiophene rings is 2. The molecule has 0 fully saturated rings. The van der Waals surface area contributed by atoms with E-state index in [1.165, 1.54) is 21.6 Å². The molecule has 0 aliphatic heterocycles. The first-order chi connectivity index (χ1) is 7.24. The molecule has 0 aromatic carbocycles. The van der Waals surface area contributed by atoms with Crippen molar-refractivity contribution in [1.82, 2.24) is 5.43 Å². The predicted octanol–water partition coefficient (Wildman–Crippen LogP) is 2.98. The molecule has 3 N–H and O–H groups in total. The van der Waals surface area contributed by atoms with Gasteiger partial charge in [0.1, 0.15) is 0 Å². The molecule has 80 valence electrons. The van der Waals surface area contributed by atoms with Crippen LogP contribution in [-0.4, -0.2) is 0 Å². The highest BCUT2D eigenvalue weighted by atomic mass is 32.1. The Balaban J connectivity index is 2.41. The molecule has 0 radical (unpaired) electrons. The Morgan fingerprint density at radius 1 is 1.27 bits per heavy atom. The molecule has 0 bridgehead atoms.